The van der Waals surface area contributed by atoms with Crippen LogP contribution in [-0.2, 0) is 14.4 Å². The van der Waals surface area contributed by atoms with Crippen LogP contribution in [0.2, 0.25) is 0 Å². The smallest absolute Gasteiger partial charge is 0.351 e. The van der Waals surface area contributed by atoms with Gasteiger partial charge in [0.05, 0.1) is 5.71 Å². The molecule has 0 spiro atoms. The second-order valence-electron chi connectivity index (χ2n) is 7.93. The maximum absolute atomic E-state index is 12.1. The first-order valence-electron chi connectivity index (χ1n) is 9.31. The molecule has 2 aromatic rings. The number of halogens is 1. The highest BCUT2D eigenvalue weighted by molar-refractivity contribution is 9.10. The molecule has 0 aliphatic carbocycles. The van der Waals surface area contributed by atoms with Gasteiger partial charge in [-0.3, -0.25) is 0 Å². The van der Waals surface area contributed by atoms with Crippen LogP contribution in [0.15, 0.2) is 58.2 Å². The van der Waals surface area contributed by atoms with Gasteiger partial charge in [-0.2, -0.15) is 0 Å². The number of aliphatic hydroxyl groups excluding tert-OH is 2. The lowest BCUT2D eigenvalue weighted by Gasteiger charge is -2.21. The van der Waals surface area contributed by atoms with E-state index >= 15 is 0 Å². The van der Waals surface area contributed by atoms with Crippen molar-refractivity contribution >= 4 is 27.6 Å². The molecule has 3 unspecified atom stereocenters. The van der Waals surface area contributed by atoms with Crippen molar-refractivity contribution in [1.29, 1.82) is 0 Å². The van der Waals surface area contributed by atoms with Crippen LogP contribution in [0.3, 0.4) is 0 Å². The van der Waals surface area contributed by atoms with Crippen molar-refractivity contribution in [1.82, 2.24) is 0 Å². The van der Waals surface area contributed by atoms with E-state index in [1.807, 2.05) is 12.1 Å². The zero-order valence-corrected chi connectivity index (χ0v) is 18.1. The van der Waals surface area contributed by atoms with E-state index in [0.29, 0.717) is 23.3 Å². The van der Waals surface area contributed by atoms with Crippen LogP contribution < -0.4 is 0 Å². The Morgan fingerprint density at radius 2 is 1.59 bits per heavy atom. The Balaban J connectivity index is 1.64. The Kier molecular flexibility index (Phi) is 6.41. The molecule has 1 heterocycles. The van der Waals surface area contributed by atoms with Crippen LogP contribution >= 0.6 is 15.9 Å². The van der Waals surface area contributed by atoms with Gasteiger partial charge in [0.15, 0.2) is 0 Å². The summed E-state index contributed by atoms with van der Waals surface area (Å²) in [5.41, 5.74) is 2.03. The summed E-state index contributed by atoms with van der Waals surface area (Å²) in [6.45, 7) is 5.40. The molecule has 0 saturated heterocycles. The highest BCUT2D eigenvalue weighted by Gasteiger charge is 2.33. The minimum atomic E-state index is -1.07. The SMILES string of the molecule is CC(C)(C)OC(=O)C1CC(c2ccc(C(O)C(O)c3ccc(Br)cc3)cc2)=NO1. The molecule has 3 atom stereocenters. The molecule has 0 radical (unpaired) electrons. The van der Waals surface area contributed by atoms with Gasteiger partial charge in [-0.05, 0) is 49.6 Å². The average molecular weight is 462 g/mol. The summed E-state index contributed by atoms with van der Waals surface area (Å²) < 4.78 is 6.23. The molecular weight excluding hydrogens is 438 g/mol. The monoisotopic (exact) mass is 461 g/mol. The highest BCUT2D eigenvalue weighted by Crippen LogP contribution is 2.30. The number of esters is 1. The molecule has 2 aromatic carbocycles. The molecule has 0 bridgehead atoms. The number of oxime groups is 1. The number of aliphatic hydroxyl groups is 2. The summed E-state index contributed by atoms with van der Waals surface area (Å²) in [7, 11) is 0. The van der Waals surface area contributed by atoms with Gasteiger partial charge in [-0.1, -0.05) is 57.5 Å². The molecule has 0 fully saturated rings. The van der Waals surface area contributed by atoms with Gasteiger partial charge < -0.3 is 19.8 Å². The van der Waals surface area contributed by atoms with E-state index < -0.39 is 29.9 Å². The second kappa shape index (κ2) is 8.65. The Bertz CT molecular complexity index is 887. The third kappa shape index (κ3) is 5.44. The minimum absolute atomic E-state index is 0.318. The molecule has 29 heavy (non-hydrogen) atoms. The van der Waals surface area contributed by atoms with Gasteiger partial charge in [0, 0.05) is 10.9 Å². The maximum Gasteiger partial charge on any atom is 0.351 e. The number of hydrogen-bond acceptors (Lipinski definition) is 6. The minimum Gasteiger partial charge on any atom is -0.457 e. The third-order valence-electron chi connectivity index (χ3n) is 4.43. The third-order valence-corrected chi connectivity index (χ3v) is 4.96. The first-order valence-corrected chi connectivity index (χ1v) is 10.1. The summed E-state index contributed by atoms with van der Waals surface area (Å²) in [5.74, 6) is -0.444. The van der Waals surface area contributed by atoms with E-state index in [2.05, 4.69) is 21.1 Å². The molecule has 1 aliphatic rings. The number of carbonyl (C=O) groups excluding carboxylic acids is 1. The first-order chi connectivity index (χ1) is 13.6. The summed E-state index contributed by atoms with van der Waals surface area (Å²) in [4.78, 5) is 17.4. The fraction of sp³-hybridized carbons (Fsp3) is 0.364. The lowest BCUT2D eigenvalue weighted by Crippen LogP contribution is -2.32. The van der Waals surface area contributed by atoms with Crippen molar-refractivity contribution in [2.24, 2.45) is 5.16 Å². The van der Waals surface area contributed by atoms with Crippen LogP contribution in [0.5, 0.6) is 0 Å². The Morgan fingerprint density at radius 1 is 1.07 bits per heavy atom. The Labute approximate surface area is 178 Å². The second-order valence-corrected chi connectivity index (χ2v) is 8.85. The van der Waals surface area contributed by atoms with Crippen molar-refractivity contribution in [3.05, 3.63) is 69.7 Å². The Morgan fingerprint density at radius 3 is 2.10 bits per heavy atom. The number of carbonyl (C=O) groups is 1. The standard InChI is InChI=1S/C22H24BrNO5/c1-22(2,3)28-21(27)18-12-17(24-29-18)13-4-6-14(7-5-13)19(25)20(26)15-8-10-16(23)11-9-15/h4-11,18-20,25-26H,12H2,1-3H3. The number of hydrogen-bond donors (Lipinski definition) is 2. The molecule has 1 aliphatic heterocycles. The van der Waals surface area contributed by atoms with E-state index in [0.717, 1.165) is 10.0 Å². The van der Waals surface area contributed by atoms with Gasteiger partial charge >= 0.3 is 5.97 Å². The molecule has 0 amide bonds. The maximum atomic E-state index is 12.1. The zero-order valence-electron chi connectivity index (χ0n) is 16.5. The summed E-state index contributed by atoms with van der Waals surface area (Å²) >= 11 is 3.35. The molecule has 154 valence electrons. The normalized spacial score (nSPS) is 18.6. The number of ether oxygens (including phenoxy) is 1. The average Bonchev–Trinajstić information content (AvgIpc) is 3.17. The zero-order chi connectivity index (χ0) is 21.2. The van der Waals surface area contributed by atoms with Gasteiger partial charge in [-0.15, -0.1) is 0 Å². The van der Waals surface area contributed by atoms with Crippen molar-refractivity contribution in [2.45, 2.75) is 51.1 Å². The molecule has 7 heteroatoms. The lowest BCUT2D eigenvalue weighted by molar-refractivity contribution is -0.166. The highest BCUT2D eigenvalue weighted by atomic mass is 79.9. The van der Waals surface area contributed by atoms with Gasteiger partial charge in [0.1, 0.15) is 17.8 Å². The number of nitrogens with zero attached hydrogens (tertiary/aromatic N) is 1. The predicted octanol–water partition coefficient (Wildman–Crippen LogP) is 4.05. The van der Waals surface area contributed by atoms with Crippen LogP contribution in [0.4, 0.5) is 0 Å². The largest absolute Gasteiger partial charge is 0.457 e. The molecule has 2 N–H and O–H groups in total. The van der Waals surface area contributed by atoms with Gasteiger partial charge in [-0.25, -0.2) is 4.79 Å². The van der Waals surface area contributed by atoms with E-state index in [4.69, 9.17) is 9.57 Å². The topological polar surface area (TPSA) is 88.4 Å². The van der Waals surface area contributed by atoms with Crippen LogP contribution in [0, 0.1) is 0 Å². The van der Waals surface area contributed by atoms with E-state index in [1.165, 1.54) is 0 Å². The van der Waals surface area contributed by atoms with Crippen molar-refractivity contribution in [3.63, 3.8) is 0 Å². The summed E-state index contributed by atoms with van der Waals surface area (Å²) in [6.07, 6.45) is -2.55. The number of benzene rings is 2. The molecule has 6 nitrogen and oxygen atoms in total. The van der Waals surface area contributed by atoms with Crippen LogP contribution in [-0.4, -0.2) is 33.6 Å². The quantitative estimate of drug-likeness (QED) is 0.655. The van der Waals surface area contributed by atoms with E-state index in [1.54, 1.807) is 57.2 Å². The van der Waals surface area contributed by atoms with E-state index in [-0.39, 0.29) is 0 Å². The van der Waals surface area contributed by atoms with Crippen molar-refractivity contribution in [2.75, 3.05) is 0 Å². The summed E-state index contributed by atoms with van der Waals surface area (Å²) in [6, 6.07) is 14.2. The fourth-order valence-corrected chi connectivity index (χ4v) is 3.20. The number of rotatable bonds is 5. The van der Waals surface area contributed by atoms with Crippen LogP contribution in [0.25, 0.3) is 0 Å². The van der Waals surface area contributed by atoms with E-state index in [9.17, 15) is 15.0 Å². The molecule has 0 aromatic heterocycles. The lowest BCUT2D eigenvalue weighted by atomic mass is 9.96. The van der Waals surface area contributed by atoms with Gasteiger partial charge in [0.2, 0.25) is 6.10 Å². The van der Waals surface area contributed by atoms with Crippen molar-refractivity contribution in [3.8, 4) is 0 Å². The van der Waals surface area contributed by atoms with Crippen LogP contribution in [0.1, 0.15) is 56.1 Å². The molecule has 3 rings (SSSR count). The molecular formula is C22H24BrNO5. The first kappa shape index (κ1) is 21.5. The van der Waals surface area contributed by atoms with Gasteiger partial charge in [0.25, 0.3) is 0 Å². The predicted molar refractivity (Wildman–Crippen MR) is 112 cm³/mol. The van der Waals surface area contributed by atoms with Crippen molar-refractivity contribution < 1.29 is 24.6 Å². The fourth-order valence-electron chi connectivity index (χ4n) is 2.94. The summed E-state index contributed by atoms with van der Waals surface area (Å²) in [5, 5.41) is 25.0. The Hall–Kier alpha value is -2.22. The molecule has 0 saturated carbocycles.